The Morgan fingerprint density at radius 1 is 0.887 bits per heavy atom. The van der Waals surface area contributed by atoms with Crippen molar-refractivity contribution in [2.24, 2.45) is 0 Å². The number of aryl methyl sites for hydroxylation is 3. The molecule has 2 aliphatic heterocycles. The second-order valence-electron chi connectivity index (χ2n) is 13.7. The zero-order valence-corrected chi connectivity index (χ0v) is 31.5. The molecule has 6 rings (SSSR count). The van der Waals surface area contributed by atoms with Gasteiger partial charge in [-0.3, -0.25) is 19.4 Å². The van der Waals surface area contributed by atoms with E-state index in [4.69, 9.17) is 19.4 Å². The van der Waals surface area contributed by atoms with E-state index >= 15 is 0 Å². The molecule has 1 aromatic carbocycles. The monoisotopic (exact) mass is 713 g/mol. The molecule has 0 saturated carbocycles. The minimum absolute atomic E-state index is 0.148. The van der Waals surface area contributed by atoms with Crippen molar-refractivity contribution in [1.29, 1.82) is 0 Å². The second kappa shape index (κ2) is 15.5. The first-order chi connectivity index (χ1) is 25.5. The van der Waals surface area contributed by atoms with E-state index in [2.05, 4.69) is 55.6 Å². The van der Waals surface area contributed by atoms with E-state index in [0.29, 0.717) is 46.8 Å². The van der Waals surface area contributed by atoms with E-state index in [0.717, 1.165) is 62.0 Å². The summed E-state index contributed by atoms with van der Waals surface area (Å²) in [4.78, 5) is 57.7. The predicted molar refractivity (Wildman–Crippen MR) is 209 cm³/mol. The minimum Gasteiger partial charge on any atom is -0.469 e. The molecule has 8 bridgehead atoms. The minimum atomic E-state index is -0.496. The Labute approximate surface area is 309 Å². The third kappa shape index (κ3) is 7.18. The molecule has 53 heavy (non-hydrogen) atoms. The van der Waals surface area contributed by atoms with Gasteiger partial charge in [-0.1, -0.05) is 56.8 Å². The number of rotatable bonds is 10. The molecule has 4 aromatic rings. The SMILES string of the molecule is C=Cc1c(C)c2cc3nc(c(CC(=O)OC)c4nc(cc5[nH]c(cc1[nH]2)c(C)c5CC)C(C)=C4C(=O)NCc1ccccc1)C(CCC(=O)OC)C3C. The van der Waals surface area contributed by atoms with Crippen molar-refractivity contribution in [3.63, 3.8) is 0 Å². The van der Waals surface area contributed by atoms with Crippen LogP contribution in [0.1, 0.15) is 102 Å². The molecule has 2 atom stereocenters. The lowest BCUT2D eigenvalue weighted by Gasteiger charge is -2.18. The number of aromatic amines is 2. The zero-order chi connectivity index (χ0) is 38.0. The van der Waals surface area contributed by atoms with Crippen molar-refractivity contribution in [1.82, 2.24) is 25.3 Å². The standard InChI is InChI=1S/C43H47N5O5/c1-9-28-23(3)32-19-34-25(5)30(16-17-38(49)52-7)41(47-34)31(18-39(50)53-8)42-40(43(51)44-22-27-14-12-11-13-15-27)26(6)35(48-42)21-37-29(10-2)24(4)33(46-37)20-36(28)45-32/h9,11-15,19-21,25,30,45-46H,1,10,16-18,22H2,2-8H3,(H,44,51). The third-order valence-electron chi connectivity index (χ3n) is 10.7. The maximum absolute atomic E-state index is 14.3. The molecule has 0 radical (unpaired) electrons. The lowest BCUT2D eigenvalue weighted by molar-refractivity contribution is -0.141. The number of nitrogens with one attached hydrogen (secondary N) is 3. The van der Waals surface area contributed by atoms with Crippen molar-refractivity contribution in [3.8, 4) is 0 Å². The highest BCUT2D eigenvalue weighted by molar-refractivity contribution is 6.27. The maximum Gasteiger partial charge on any atom is 0.310 e. The van der Waals surface area contributed by atoms with Gasteiger partial charge < -0.3 is 24.8 Å². The van der Waals surface area contributed by atoms with Gasteiger partial charge >= 0.3 is 11.9 Å². The molecule has 0 fully saturated rings. The highest BCUT2D eigenvalue weighted by Gasteiger charge is 2.35. The number of aromatic nitrogens is 4. The van der Waals surface area contributed by atoms with Gasteiger partial charge in [0.25, 0.3) is 5.91 Å². The fraction of sp³-hybridized carbons (Fsp3) is 0.326. The van der Waals surface area contributed by atoms with Crippen LogP contribution in [0, 0.1) is 13.8 Å². The van der Waals surface area contributed by atoms with Gasteiger partial charge in [0.15, 0.2) is 0 Å². The van der Waals surface area contributed by atoms with E-state index in [9.17, 15) is 14.4 Å². The highest BCUT2D eigenvalue weighted by atomic mass is 16.5. The quantitative estimate of drug-likeness (QED) is 0.142. The molecule has 0 saturated heterocycles. The first-order valence-corrected chi connectivity index (χ1v) is 18.0. The molecule has 5 heterocycles. The van der Waals surface area contributed by atoms with Crippen LogP contribution in [-0.2, 0) is 43.2 Å². The number of benzene rings is 1. The van der Waals surface area contributed by atoms with Gasteiger partial charge in [0, 0.05) is 63.7 Å². The Morgan fingerprint density at radius 3 is 2.26 bits per heavy atom. The van der Waals surface area contributed by atoms with Crippen LogP contribution in [0.25, 0.3) is 39.3 Å². The highest BCUT2D eigenvalue weighted by Crippen LogP contribution is 2.44. The fourth-order valence-electron chi connectivity index (χ4n) is 7.57. The Balaban J connectivity index is 1.74. The number of nitrogens with zero attached hydrogens (tertiary/aromatic N) is 2. The van der Waals surface area contributed by atoms with E-state index in [1.165, 1.54) is 14.2 Å². The number of hydrogen-bond donors (Lipinski definition) is 3. The van der Waals surface area contributed by atoms with Crippen LogP contribution in [0.4, 0.5) is 0 Å². The van der Waals surface area contributed by atoms with Crippen LogP contribution in [0.3, 0.4) is 0 Å². The lowest BCUT2D eigenvalue weighted by atomic mass is 9.84. The normalized spacial score (nSPS) is 15.3. The largest absolute Gasteiger partial charge is 0.469 e. The lowest BCUT2D eigenvalue weighted by Crippen LogP contribution is -2.25. The summed E-state index contributed by atoms with van der Waals surface area (Å²) >= 11 is 0. The van der Waals surface area contributed by atoms with Gasteiger partial charge in [-0.25, -0.2) is 4.98 Å². The van der Waals surface area contributed by atoms with Crippen molar-refractivity contribution in [2.45, 2.75) is 78.7 Å². The van der Waals surface area contributed by atoms with E-state index in [1.807, 2.05) is 55.5 Å². The molecule has 2 aliphatic rings. The van der Waals surface area contributed by atoms with Crippen molar-refractivity contribution in [2.75, 3.05) is 14.2 Å². The molecule has 0 aliphatic carbocycles. The molecule has 2 unspecified atom stereocenters. The molecule has 3 aromatic heterocycles. The topological polar surface area (TPSA) is 139 Å². The number of amides is 1. The number of methoxy groups -OCH3 is 2. The number of fused-ring (bicyclic) bond motifs is 8. The van der Waals surface area contributed by atoms with Crippen LogP contribution >= 0.6 is 0 Å². The molecule has 10 heteroatoms. The number of ether oxygens (including phenoxy) is 2. The number of allylic oxidation sites excluding steroid dienone is 1. The van der Waals surface area contributed by atoms with Gasteiger partial charge in [-0.2, -0.15) is 0 Å². The van der Waals surface area contributed by atoms with Gasteiger partial charge in [-0.15, -0.1) is 0 Å². The zero-order valence-electron chi connectivity index (χ0n) is 31.5. The summed E-state index contributed by atoms with van der Waals surface area (Å²) in [5, 5.41) is 3.09. The Kier molecular flexibility index (Phi) is 10.8. The summed E-state index contributed by atoms with van der Waals surface area (Å²) in [6.07, 6.45) is 3.01. The Morgan fingerprint density at radius 2 is 1.58 bits per heavy atom. The van der Waals surface area contributed by atoms with Crippen molar-refractivity contribution < 1.29 is 23.9 Å². The second-order valence-corrected chi connectivity index (χ2v) is 13.7. The third-order valence-corrected chi connectivity index (χ3v) is 10.7. The van der Waals surface area contributed by atoms with Crippen LogP contribution in [0.5, 0.6) is 0 Å². The van der Waals surface area contributed by atoms with E-state index < -0.39 is 5.97 Å². The van der Waals surface area contributed by atoms with Crippen LogP contribution in [0.2, 0.25) is 0 Å². The smallest absolute Gasteiger partial charge is 0.310 e. The van der Waals surface area contributed by atoms with Crippen molar-refractivity contribution >= 4 is 57.1 Å². The van der Waals surface area contributed by atoms with E-state index in [-0.39, 0.29) is 36.6 Å². The summed E-state index contributed by atoms with van der Waals surface area (Å²) in [6.45, 7) is 14.6. The molecule has 3 N–H and O–H groups in total. The number of H-pyrrole nitrogens is 2. The summed E-state index contributed by atoms with van der Waals surface area (Å²) in [6, 6.07) is 15.8. The van der Waals surface area contributed by atoms with Gasteiger partial charge in [0.05, 0.1) is 43.3 Å². The number of carbonyl (C=O) groups excluding carboxylic acids is 3. The summed E-state index contributed by atoms with van der Waals surface area (Å²) in [5.74, 6) is -1.60. The predicted octanol–water partition coefficient (Wildman–Crippen LogP) is 7.94. The average Bonchev–Trinajstić information content (AvgIpc) is 3.84. The van der Waals surface area contributed by atoms with Gasteiger partial charge in [0.1, 0.15) is 0 Å². The maximum atomic E-state index is 14.3. The molecular weight excluding hydrogens is 667 g/mol. The van der Waals surface area contributed by atoms with Gasteiger partial charge in [-0.05, 0) is 79.6 Å². The van der Waals surface area contributed by atoms with Crippen LogP contribution < -0.4 is 5.32 Å². The fourth-order valence-corrected chi connectivity index (χ4v) is 7.57. The molecular formula is C43H47N5O5. The summed E-state index contributed by atoms with van der Waals surface area (Å²) < 4.78 is 10.2. The number of hydrogen-bond acceptors (Lipinski definition) is 7. The first kappa shape index (κ1) is 37.0. The average molecular weight is 714 g/mol. The molecule has 0 spiro atoms. The molecule has 10 nitrogen and oxygen atoms in total. The number of esters is 2. The molecule has 274 valence electrons. The Bertz CT molecular complexity index is 2310. The Hall–Kier alpha value is -5.77. The van der Waals surface area contributed by atoms with Gasteiger partial charge in [0.2, 0.25) is 0 Å². The molecule has 1 amide bonds. The summed E-state index contributed by atoms with van der Waals surface area (Å²) in [7, 11) is 2.71. The first-order valence-electron chi connectivity index (χ1n) is 18.0. The van der Waals surface area contributed by atoms with Crippen LogP contribution in [-0.4, -0.2) is 52.0 Å². The van der Waals surface area contributed by atoms with Crippen molar-refractivity contribution in [3.05, 3.63) is 111 Å². The van der Waals surface area contributed by atoms with Crippen LogP contribution in [0.15, 0.2) is 55.1 Å². The van der Waals surface area contributed by atoms with E-state index in [1.54, 1.807) is 0 Å². The summed E-state index contributed by atoms with van der Waals surface area (Å²) in [5.41, 5.74) is 12.7. The number of carbonyl (C=O) groups is 3.